The second kappa shape index (κ2) is 8.51. The molecule has 2 aromatic carbocycles. The van der Waals surface area contributed by atoms with Crippen LogP contribution in [0.25, 0.3) is 0 Å². The highest BCUT2D eigenvalue weighted by Crippen LogP contribution is 2.47. The number of ether oxygens (including phenoxy) is 2. The Hall–Kier alpha value is -1.58. The standard InChI is InChI=1S/C22H24ClFO6/c23-17-9-15-11-29-22(21(28)20(27)19(26)18(10-25)30-22)16(15)8-14(17)7-13-3-1-12(2-4-13)5-6-24/h1-4,8-9,18-21,25-28H,5-7,10-11H2/t18-,19-,20+,21-,22?/m1/s1. The number of aliphatic hydroxyl groups is 4. The first-order valence-corrected chi connectivity index (χ1v) is 10.2. The van der Waals surface area contributed by atoms with Crippen molar-refractivity contribution in [3.8, 4) is 0 Å². The third kappa shape index (κ3) is 3.65. The number of alkyl halides is 1. The highest BCUT2D eigenvalue weighted by molar-refractivity contribution is 6.31. The van der Waals surface area contributed by atoms with Crippen LogP contribution >= 0.6 is 11.6 Å². The number of rotatable bonds is 5. The van der Waals surface area contributed by atoms with Crippen LogP contribution in [0.15, 0.2) is 36.4 Å². The average Bonchev–Trinajstić information content (AvgIpc) is 3.09. The summed E-state index contributed by atoms with van der Waals surface area (Å²) in [4.78, 5) is 0. The normalized spacial score (nSPS) is 30.6. The van der Waals surface area contributed by atoms with Crippen LogP contribution in [-0.4, -0.2) is 58.1 Å². The molecule has 30 heavy (non-hydrogen) atoms. The zero-order valence-corrected chi connectivity index (χ0v) is 16.9. The Balaban J connectivity index is 1.67. The number of halogens is 2. The molecule has 8 heteroatoms. The molecule has 0 radical (unpaired) electrons. The molecule has 4 N–H and O–H groups in total. The Morgan fingerprint density at radius 3 is 2.43 bits per heavy atom. The molecule has 2 heterocycles. The lowest BCUT2D eigenvalue weighted by atomic mass is 9.86. The molecule has 162 valence electrons. The van der Waals surface area contributed by atoms with Crippen LogP contribution in [0.1, 0.15) is 27.8 Å². The van der Waals surface area contributed by atoms with Crippen molar-refractivity contribution in [2.75, 3.05) is 13.3 Å². The average molecular weight is 439 g/mol. The molecule has 2 aliphatic rings. The predicted octanol–water partition coefficient (Wildman–Crippen LogP) is 1.60. The Morgan fingerprint density at radius 1 is 1.07 bits per heavy atom. The first kappa shape index (κ1) is 21.6. The molecule has 4 rings (SSSR count). The SMILES string of the molecule is OC[C@H]1OC2(OCc3cc(Cl)c(Cc4ccc(CCF)cc4)cc32)[C@H](O)[C@@H](O)[C@@H]1O. The van der Waals surface area contributed by atoms with Gasteiger partial charge in [-0.25, -0.2) is 0 Å². The first-order valence-electron chi connectivity index (χ1n) is 9.82. The van der Waals surface area contributed by atoms with E-state index in [2.05, 4.69) is 0 Å². The van der Waals surface area contributed by atoms with Crippen LogP contribution in [-0.2, 0) is 34.7 Å². The molecule has 1 fully saturated rings. The molecule has 1 saturated heterocycles. The number of benzene rings is 2. The highest BCUT2D eigenvalue weighted by Gasteiger charge is 2.58. The Morgan fingerprint density at radius 2 is 1.77 bits per heavy atom. The van der Waals surface area contributed by atoms with Crippen molar-refractivity contribution in [3.63, 3.8) is 0 Å². The van der Waals surface area contributed by atoms with Crippen molar-refractivity contribution < 1.29 is 34.3 Å². The summed E-state index contributed by atoms with van der Waals surface area (Å²) in [6, 6.07) is 11.1. The van der Waals surface area contributed by atoms with Gasteiger partial charge < -0.3 is 29.9 Å². The first-order chi connectivity index (χ1) is 14.4. The number of aliphatic hydroxyl groups excluding tert-OH is 4. The van der Waals surface area contributed by atoms with Crippen molar-refractivity contribution in [1.29, 1.82) is 0 Å². The second-order valence-electron chi connectivity index (χ2n) is 7.75. The summed E-state index contributed by atoms with van der Waals surface area (Å²) in [7, 11) is 0. The zero-order valence-electron chi connectivity index (χ0n) is 16.2. The summed E-state index contributed by atoms with van der Waals surface area (Å²) in [5, 5.41) is 41.1. The van der Waals surface area contributed by atoms with Gasteiger partial charge in [-0.1, -0.05) is 35.9 Å². The minimum absolute atomic E-state index is 0.102. The van der Waals surface area contributed by atoms with Gasteiger partial charge in [-0.15, -0.1) is 0 Å². The van der Waals surface area contributed by atoms with E-state index in [1.54, 1.807) is 12.1 Å². The van der Waals surface area contributed by atoms with Gasteiger partial charge in [-0.3, -0.25) is 4.39 Å². The number of hydrogen-bond acceptors (Lipinski definition) is 6. The quantitative estimate of drug-likeness (QED) is 0.566. The molecular formula is C22H24ClFO6. The van der Waals surface area contributed by atoms with Crippen LogP contribution in [0.5, 0.6) is 0 Å². The Kier molecular flexibility index (Phi) is 6.14. The van der Waals surface area contributed by atoms with Gasteiger partial charge in [0.2, 0.25) is 5.79 Å². The van der Waals surface area contributed by atoms with E-state index in [1.807, 2.05) is 24.3 Å². The molecule has 0 saturated carbocycles. The molecule has 2 aromatic rings. The molecule has 0 aliphatic carbocycles. The van der Waals surface area contributed by atoms with E-state index in [0.29, 0.717) is 29.0 Å². The van der Waals surface area contributed by atoms with Crippen LogP contribution in [0.3, 0.4) is 0 Å². The van der Waals surface area contributed by atoms with Crippen molar-refractivity contribution >= 4 is 11.6 Å². The smallest absolute Gasteiger partial charge is 0.225 e. The van der Waals surface area contributed by atoms with Crippen LogP contribution in [0, 0.1) is 0 Å². The summed E-state index contributed by atoms with van der Waals surface area (Å²) < 4.78 is 24.1. The van der Waals surface area contributed by atoms with E-state index in [4.69, 9.17) is 21.1 Å². The number of aryl methyl sites for hydroxylation is 1. The predicted molar refractivity (Wildman–Crippen MR) is 107 cm³/mol. The molecule has 6 nitrogen and oxygen atoms in total. The van der Waals surface area contributed by atoms with Gasteiger partial charge >= 0.3 is 0 Å². The maximum atomic E-state index is 12.5. The third-order valence-corrected chi connectivity index (χ3v) is 6.19. The molecule has 0 bridgehead atoms. The van der Waals surface area contributed by atoms with Gasteiger partial charge in [0.25, 0.3) is 0 Å². The van der Waals surface area contributed by atoms with Crippen LogP contribution < -0.4 is 0 Å². The van der Waals surface area contributed by atoms with Crippen LogP contribution in [0.4, 0.5) is 4.39 Å². The maximum absolute atomic E-state index is 12.5. The summed E-state index contributed by atoms with van der Waals surface area (Å²) in [5.41, 5.74) is 3.85. The fraction of sp³-hybridized carbons (Fsp3) is 0.455. The lowest BCUT2D eigenvalue weighted by Crippen LogP contribution is -2.63. The largest absolute Gasteiger partial charge is 0.394 e. The van der Waals surface area contributed by atoms with E-state index < -0.39 is 43.5 Å². The zero-order chi connectivity index (χ0) is 21.5. The van der Waals surface area contributed by atoms with E-state index in [-0.39, 0.29) is 6.61 Å². The van der Waals surface area contributed by atoms with E-state index in [0.717, 1.165) is 16.7 Å². The maximum Gasteiger partial charge on any atom is 0.225 e. The molecule has 0 aromatic heterocycles. The Labute approximate surface area is 178 Å². The minimum Gasteiger partial charge on any atom is -0.394 e. The highest BCUT2D eigenvalue weighted by atomic mass is 35.5. The van der Waals surface area contributed by atoms with Gasteiger partial charge in [-0.05, 0) is 40.8 Å². The minimum atomic E-state index is -1.70. The van der Waals surface area contributed by atoms with E-state index >= 15 is 0 Å². The summed E-state index contributed by atoms with van der Waals surface area (Å²) in [6.45, 7) is -0.849. The van der Waals surface area contributed by atoms with Crippen molar-refractivity contribution in [1.82, 2.24) is 0 Å². The third-order valence-electron chi connectivity index (χ3n) is 5.84. The summed E-state index contributed by atoms with van der Waals surface area (Å²) in [5.74, 6) is -1.70. The fourth-order valence-electron chi connectivity index (χ4n) is 4.14. The summed E-state index contributed by atoms with van der Waals surface area (Å²) >= 11 is 6.47. The monoisotopic (exact) mass is 438 g/mol. The van der Waals surface area contributed by atoms with Gasteiger partial charge in [0.05, 0.1) is 19.9 Å². The second-order valence-corrected chi connectivity index (χ2v) is 8.16. The number of hydrogen-bond donors (Lipinski definition) is 4. The van der Waals surface area contributed by atoms with E-state index in [9.17, 15) is 24.8 Å². The van der Waals surface area contributed by atoms with Gasteiger partial charge in [-0.2, -0.15) is 0 Å². The molecule has 5 atom stereocenters. The van der Waals surface area contributed by atoms with Gasteiger partial charge in [0, 0.05) is 17.0 Å². The number of fused-ring (bicyclic) bond motifs is 2. The van der Waals surface area contributed by atoms with Crippen molar-refractivity contribution in [3.05, 3.63) is 69.2 Å². The molecule has 1 unspecified atom stereocenters. The lowest BCUT2D eigenvalue weighted by molar-refractivity contribution is -0.368. The van der Waals surface area contributed by atoms with Crippen LogP contribution in [0.2, 0.25) is 5.02 Å². The summed E-state index contributed by atoms with van der Waals surface area (Å²) in [6.07, 6.45) is -4.80. The Bertz CT molecular complexity index is 905. The molecule has 2 aliphatic heterocycles. The van der Waals surface area contributed by atoms with Crippen molar-refractivity contribution in [2.24, 2.45) is 0 Å². The van der Waals surface area contributed by atoms with Crippen molar-refractivity contribution in [2.45, 2.75) is 49.7 Å². The van der Waals surface area contributed by atoms with Gasteiger partial charge in [0.1, 0.15) is 24.4 Å². The molecular weight excluding hydrogens is 415 g/mol. The van der Waals surface area contributed by atoms with E-state index in [1.165, 1.54) is 0 Å². The lowest BCUT2D eigenvalue weighted by Gasteiger charge is -2.46. The molecule has 0 amide bonds. The van der Waals surface area contributed by atoms with Gasteiger partial charge in [0.15, 0.2) is 0 Å². The molecule has 1 spiro atoms. The topological polar surface area (TPSA) is 99.4 Å². The fourth-order valence-corrected chi connectivity index (χ4v) is 4.39.